The monoisotopic (exact) mass is 182 g/mol. The van der Waals surface area contributed by atoms with Gasteiger partial charge in [0, 0.05) is 25.2 Å². The maximum absolute atomic E-state index is 6.16. The second kappa shape index (κ2) is 3.25. The van der Waals surface area contributed by atoms with Crippen LogP contribution in [0.25, 0.3) is 0 Å². The van der Waals surface area contributed by atoms with Crippen molar-refractivity contribution in [3.05, 3.63) is 0 Å². The first-order chi connectivity index (χ1) is 6.18. The van der Waals surface area contributed by atoms with Crippen molar-refractivity contribution >= 4 is 0 Å². The summed E-state index contributed by atoms with van der Waals surface area (Å²) in [4.78, 5) is 2.60. The lowest BCUT2D eigenvalue weighted by molar-refractivity contribution is 0.233. The summed E-state index contributed by atoms with van der Waals surface area (Å²) in [5, 5.41) is 0. The third kappa shape index (κ3) is 1.62. The zero-order chi connectivity index (χ0) is 9.47. The van der Waals surface area contributed by atoms with Gasteiger partial charge in [-0.1, -0.05) is 13.3 Å². The van der Waals surface area contributed by atoms with Gasteiger partial charge in [-0.3, -0.25) is 4.90 Å². The Labute approximate surface area is 81.5 Å². The molecule has 2 unspecified atom stereocenters. The van der Waals surface area contributed by atoms with Gasteiger partial charge in [-0.25, -0.2) is 0 Å². The first-order valence-corrected chi connectivity index (χ1v) is 5.67. The molecular formula is C11H22N2. The maximum atomic E-state index is 6.16. The van der Waals surface area contributed by atoms with Crippen LogP contribution >= 0.6 is 0 Å². The molecule has 1 aliphatic heterocycles. The van der Waals surface area contributed by atoms with Crippen molar-refractivity contribution in [1.29, 1.82) is 0 Å². The average Bonchev–Trinajstić information content (AvgIpc) is 2.77. The van der Waals surface area contributed by atoms with Gasteiger partial charge in [-0.2, -0.15) is 0 Å². The van der Waals surface area contributed by atoms with Crippen molar-refractivity contribution in [1.82, 2.24) is 4.90 Å². The zero-order valence-corrected chi connectivity index (χ0v) is 8.92. The quantitative estimate of drug-likeness (QED) is 0.718. The van der Waals surface area contributed by atoms with Crippen LogP contribution in [0.5, 0.6) is 0 Å². The zero-order valence-electron chi connectivity index (χ0n) is 8.92. The summed E-state index contributed by atoms with van der Waals surface area (Å²) in [6.07, 6.45) is 5.37. The Morgan fingerprint density at radius 2 is 2.23 bits per heavy atom. The molecular weight excluding hydrogens is 160 g/mol. The van der Waals surface area contributed by atoms with E-state index in [9.17, 15) is 0 Å². The molecule has 2 aliphatic rings. The molecule has 0 bridgehead atoms. The molecule has 2 nitrogen and oxygen atoms in total. The number of nitrogens with two attached hydrogens (primary N) is 1. The Bertz CT molecular complexity index is 187. The normalized spacial score (nSPS) is 33.9. The molecule has 0 aromatic heterocycles. The van der Waals surface area contributed by atoms with E-state index in [1.807, 2.05) is 0 Å². The summed E-state index contributed by atoms with van der Waals surface area (Å²) in [6, 6.07) is 1.21. The molecule has 2 atom stereocenters. The van der Waals surface area contributed by atoms with Crippen LogP contribution in [0.4, 0.5) is 0 Å². The molecule has 1 heterocycles. The van der Waals surface area contributed by atoms with E-state index >= 15 is 0 Å². The first-order valence-electron chi connectivity index (χ1n) is 5.67. The number of rotatable bonds is 3. The molecule has 2 N–H and O–H groups in total. The second-order valence-corrected chi connectivity index (χ2v) is 5.04. The van der Waals surface area contributed by atoms with Crippen LogP contribution in [0.1, 0.15) is 39.5 Å². The van der Waals surface area contributed by atoms with Crippen molar-refractivity contribution in [2.24, 2.45) is 11.1 Å². The summed E-state index contributed by atoms with van der Waals surface area (Å²) in [7, 11) is 0. The highest BCUT2D eigenvalue weighted by Gasteiger charge is 2.53. The summed E-state index contributed by atoms with van der Waals surface area (Å²) < 4.78 is 0. The number of likely N-dealkylation sites (tertiary alicyclic amines) is 1. The van der Waals surface area contributed by atoms with Crippen molar-refractivity contribution in [3.8, 4) is 0 Å². The lowest BCUT2D eigenvalue weighted by atomic mass is 10.0. The van der Waals surface area contributed by atoms with Crippen LogP contribution in [0.3, 0.4) is 0 Å². The van der Waals surface area contributed by atoms with E-state index in [0.29, 0.717) is 11.5 Å². The fourth-order valence-electron chi connectivity index (χ4n) is 2.66. The smallest absolute Gasteiger partial charge is 0.0237 e. The Balaban J connectivity index is 1.89. The topological polar surface area (TPSA) is 29.3 Å². The van der Waals surface area contributed by atoms with Crippen molar-refractivity contribution < 1.29 is 0 Å². The molecule has 2 fully saturated rings. The van der Waals surface area contributed by atoms with E-state index in [2.05, 4.69) is 18.7 Å². The molecule has 0 aromatic rings. The van der Waals surface area contributed by atoms with Gasteiger partial charge >= 0.3 is 0 Å². The van der Waals surface area contributed by atoms with Gasteiger partial charge in [-0.05, 0) is 31.6 Å². The predicted octanol–water partition coefficient (Wildman–Crippen LogP) is 1.60. The molecule has 1 saturated carbocycles. The van der Waals surface area contributed by atoms with Crippen LogP contribution in [-0.2, 0) is 0 Å². The van der Waals surface area contributed by atoms with E-state index in [-0.39, 0.29) is 0 Å². The Morgan fingerprint density at radius 1 is 1.54 bits per heavy atom. The second-order valence-electron chi connectivity index (χ2n) is 5.04. The molecule has 0 aromatic carbocycles. The highest BCUT2D eigenvalue weighted by atomic mass is 15.2. The number of hydrogen-bond acceptors (Lipinski definition) is 2. The molecule has 0 radical (unpaired) electrons. The Morgan fingerprint density at radius 3 is 2.69 bits per heavy atom. The van der Waals surface area contributed by atoms with Gasteiger partial charge in [0.2, 0.25) is 0 Å². The van der Waals surface area contributed by atoms with Crippen molar-refractivity contribution in [2.45, 2.75) is 51.6 Å². The minimum atomic E-state index is 0.465. The van der Waals surface area contributed by atoms with Gasteiger partial charge in [-0.15, -0.1) is 0 Å². The van der Waals surface area contributed by atoms with Gasteiger partial charge < -0.3 is 5.73 Å². The minimum Gasteiger partial charge on any atom is -0.326 e. The van der Waals surface area contributed by atoms with E-state index in [1.54, 1.807) is 0 Å². The van der Waals surface area contributed by atoms with E-state index < -0.39 is 0 Å². The van der Waals surface area contributed by atoms with Crippen molar-refractivity contribution in [2.75, 3.05) is 13.1 Å². The largest absolute Gasteiger partial charge is 0.326 e. The van der Waals surface area contributed by atoms with Crippen LogP contribution < -0.4 is 5.73 Å². The van der Waals surface area contributed by atoms with Crippen molar-refractivity contribution in [3.63, 3.8) is 0 Å². The first kappa shape index (κ1) is 9.47. The van der Waals surface area contributed by atoms with E-state index in [4.69, 9.17) is 5.73 Å². The number of nitrogens with zero attached hydrogens (tertiary/aromatic N) is 1. The van der Waals surface area contributed by atoms with E-state index in [0.717, 1.165) is 12.6 Å². The van der Waals surface area contributed by atoms with E-state index in [1.165, 1.54) is 32.2 Å². The fraction of sp³-hybridized carbons (Fsp3) is 1.00. The SMILES string of the molecule is CCCC(C)N1CC(N)C2(CC2)C1. The van der Waals surface area contributed by atoms with Crippen LogP contribution in [0.2, 0.25) is 0 Å². The highest BCUT2D eigenvalue weighted by molar-refractivity contribution is 5.09. The fourth-order valence-corrected chi connectivity index (χ4v) is 2.66. The minimum absolute atomic E-state index is 0.465. The molecule has 1 aliphatic carbocycles. The molecule has 76 valence electrons. The molecule has 1 spiro atoms. The molecule has 2 heteroatoms. The third-order valence-electron chi connectivity index (χ3n) is 3.96. The standard InChI is InChI=1S/C11H22N2/c1-3-4-9(2)13-7-10(12)11(8-13)5-6-11/h9-10H,3-8,12H2,1-2H3. The summed E-state index contributed by atoms with van der Waals surface area (Å²) in [5.74, 6) is 0. The Hall–Kier alpha value is -0.0800. The number of hydrogen-bond donors (Lipinski definition) is 1. The molecule has 0 amide bonds. The predicted molar refractivity (Wildman–Crippen MR) is 55.6 cm³/mol. The lowest BCUT2D eigenvalue weighted by Gasteiger charge is -2.23. The molecule has 13 heavy (non-hydrogen) atoms. The summed E-state index contributed by atoms with van der Waals surface area (Å²) >= 11 is 0. The average molecular weight is 182 g/mol. The summed E-state index contributed by atoms with van der Waals surface area (Å²) in [5.41, 5.74) is 6.72. The van der Waals surface area contributed by atoms with Crippen LogP contribution in [0.15, 0.2) is 0 Å². The Kier molecular flexibility index (Phi) is 2.37. The highest BCUT2D eigenvalue weighted by Crippen LogP contribution is 2.52. The lowest BCUT2D eigenvalue weighted by Crippen LogP contribution is -2.33. The maximum Gasteiger partial charge on any atom is 0.0237 e. The van der Waals surface area contributed by atoms with Gasteiger partial charge in [0.1, 0.15) is 0 Å². The van der Waals surface area contributed by atoms with Gasteiger partial charge in [0.05, 0.1) is 0 Å². The molecule has 2 rings (SSSR count). The third-order valence-corrected chi connectivity index (χ3v) is 3.96. The van der Waals surface area contributed by atoms with Gasteiger partial charge in [0.15, 0.2) is 0 Å². The van der Waals surface area contributed by atoms with Crippen LogP contribution in [0, 0.1) is 5.41 Å². The van der Waals surface area contributed by atoms with Gasteiger partial charge in [0.25, 0.3) is 0 Å². The molecule has 1 saturated heterocycles. The van der Waals surface area contributed by atoms with Crippen LogP contribution in [-0.4, -0.2) is 30.1 Å². The summed E-state index contributed by atoms with van der Waals surface area (Å²) in [6.45, 7) is 7.02.